The minimum absolute atomic E-state index is 0.142. The topological polar surface area (TPSA) is 90.1 Å². The van der Waals surface area contributed by atoms with Gasteiger partial charge in [-0.3, -0.25) is 0 Å². The van der Waals surface area contributed by atoms with Gasteiger partial charge in [-0.15, -0.1) is 5.10 Å². The number of thioether (sulfide) groups is 1. The molecule has 7 nitrogen and oxygen atoms in total. The molecule has 0 bridgehead atoms. The summed E-state index contributed by atoms with van der Waals surface area (Å²) in [6.45, 7) is 0.142. The molecule has 0 fully saturated rings. The Morgan fingerprint density at radius 1 is 1.67 bits per heavy atom. The smallest absolute Gasteiger partial charge is 0.373 e. The lowest BCUT2D eigenvalue weighted by Crippen LogP contribution is -1.98. The van der Waals surface area contributed by atoms with Crippen molar-refractivity contribution < 1.29 is 14.6 Å². The first kappa shape index (κ1) is 9.97. The van der Waals surface area contributed by atoms with Gasteiger partial charge in [0.2, 0.25) is 10.9 Å². The van der Waals surface area contributed by atoms with Crippen LogP contribution >= 0.6 is 11.8 Å². The molecule has 0 spiro atoms. The number of cyclic esters (lactones) is 1. The van der Waals surface area contributed by atoms with E-state index in [1.165, 1.54) is 16.4 Å². The second-order valence-corrected chi connectivity index (χ2v) is 3.84. The first-order chi connectivity index (χ1) is 7.18. The van der Waals surface area contributed by atoms with Gasteiger partial charge >= 0.3 is 5.97 Å². The minimum atomic E-state index is -0.665. The maximum atomic E-state index is 10.8. The van der Waals surface area contributed by atoms with Crippen LogP contribution in [0.4, 0.5) is 0 Å². The Balaban J connectivity index is 2.00. The number of rotatable bonds is 3. The van der Waals surface area contributed by atoms with E-state index in [-0.39, 0.29) is 12.4 Å². The van der Waals surface area contributed by atoms with E-state index in [1.54, 1.807) is 7.05 Å². The maximum Gasteiger partial charge on any atom is 0.373 e. The zero-order valence-electron chi connectivity index (χ0n) is 7.88. The van der Waals surface area contributed by atoms with Crippen LogP contribution in [0, 0.1) is 0 Å². The number of hydrogen-bond donors (Lipinski definition) is 1. The number of carbonyl (C=O) groups excluding carboxylic acids is 1. The Morgan fingerprint density at radius 3 is 3.00 bits per heavy atom. The van der Waals surface area contributed by atoms with Crippen molar-refractivity contribution in [3.63, 3.8) is 0 Å². The lowest BCUT2D eigenvalue weighted by Gasteiger charge is -1.98. The summed E-state index contributed by atoms with van der Waals surface area (Å²) < 4.78 is 6.16. The summed E-state index contributed by atoms with van der Waals surface area (Å²) in [6, 6.07) is 0. The molecule has 0 saturated heterocycles. The van der Waals surface area contributed by atoms with Gasteiger partial charge in [0.05, 0.1) is 0 Å². The van der Waals surface area contributed by atoms with Crippen LogP contribution in [-0.4, -0.2) is 43.6 Å². The van der Waals surface area contributed by atoms with E-state index in [2.05, 4.69) is 20.3 Å². The van der Waals surface area contributed by atoms with Crippen molar-refractivity contribution in [2.24, 2.45) is 7.05 Å². The number of ether oxygens (including phenoxy) is 1. The molecule has 15 heavy (non-hydrogen) atoms. The van der Waals surface area contributed by atoms with E-state index in [9.17, 15) is 9.90 Å². The van der Waals surface area contributed by atoms with Crippen LogP contribution in [0.25, 0.3) is 0 Å². The molecule has 0 amide bonds. The molecule has 0 radical (unpaired) electrons. The maximum absolute atomic E-state index is 10.8. The fraction of sp³-hybridized carbons (Fsp3) is 0.429. The van der Waals surface area contributed by atoms with E-state index in [4.69, 9.17) is 0 Å². The quantitative estimate of drug-likeness (QED) is 0.559. The van der Waals surface area contributed by atoms with Crippen LogP contribution in [0.3, 0.4) is 0 Å². The zero-order valence-corrected chi connectivity index (χ0v) is 8.69. The predicted octanol–water partition coefficient (Wildman–Crippen LogP) is -0.329. The Bertz CT molecular complexity index is 428. The number of esters is 1. The predicted molar refractivity (Wildman–Crippen MR) is 50.1 cm³/mol. The molecule has 0 unspecified atom stereocenters. The summed E-state index contributed by atoms with van der Waals surface area (Å²) in [6.07, 6.45) is 0. The number of aromatic nitrogens is 4. The molecule has 2 rings (SSSR count). The Morgan fingerprint density at radius 2 is 2.47 bits per heavy atom. The zero-order chi connectivity index (χ0) is 10.8. The normalized spacial score (nSPS) is 15.9. The van der Waals surface area contributed by atoms with Gasteiger partial charge in [-0.05, 0) is 10.4 Å². The van der Waals surface area contributed by atoms with Crippen molar-refractivity contribution >= 4 is 17.7 Å². The van der Waals surface area contributed by atoms with Crippen LogP contribution in [0.15, 0.2) is 16.5 Å². The molecule has 2 heterocycles. The van der Waals surface area contributed by atoms with E-state index in [1.807, 2.05) is 0 Å². The molecule has 8 heteroatoms. The number of nitrogens with zero attached hydrogens (tertiary/aromatic N) is 4. The van der Waals surface area contributed by atoms with Crippen LogP contribution in [-0.2, 0) is 16.6 Å². The SMILES string of the molecule is Cn1nnnc1SCC1=C(O)C(=O)OC1. The molecule has 0 atom stereocenters. The number of aryl methyl sites for hydroxylation is 1. The van der Waals surface area contributed by atoms with Gasteiger partial charge in [0, 0.05) is 18.4 Å². The number of carbonyl (C=O) groups is 1. The molecular weight excluding hydrogens is 220 g/mol. The molecule has 1 aliphatic rings. The molecule has 0 aliphatic carbocycles. The second kappa shape index (κ2) is 3.89. The molecule has 1 aromatic heterocycles. The van der Waals surface area contributed by atoms with E-state index < -0.39 is 5.97 Å². The monoisotopic (exact) mass is 228 g/mol. The molecule has 1 aliphatic heterocycles. The van der Waals surface area contributed by atoms with Gasteiger partial charge in [-0.2, -0.15) is 0 Å². The van der Waals surface area contributed by atoms with Crippen LogP contribution in [0.5, 0.6) is 0 Å². The third kappa shape index (κ3) is 1.94. The van der Waals surface area contributed by atoms with Gasteiger partial charge in [0.1, 0.15) is 6.61 Å². The fourth-order valence-electron chi connectivity index (χ4n) is 1.04. The average molecular weight is 228 g/mol. The first-order valence-corrected chi connectivity index (χ1v) is 5.10. The summed E-state index contributed by atoms with van der Waals surface area (Å²) in [5.74, 6) is -0.523. The molecule has 1 N–H and O–H groups in total. The number of aliphatic hydroxyl groups excluding tert-OH is 1. The van der Waals surface area contributed by atoms with E-state index in [0.717, 1.165) is 0 Å². The van der Waals surface area contributed by atoms with Crippen LogP contribution < -0.4 is 0 Å². The van der Waals surface area contributed by atoms with Crippen molar-refractivity contribution in [1.82, 2.24) is 20.2 Å². The second-order valence-electron chi connectivity index (χ2n) is 2.90. The molecule has 1 aromatic rings. The fourth-order valence-corrected chi connectivity index (χ4v) is 1.88. The standard InChI is InChI=1S/C7H8N4O3S/c1-11-7(8-9-10-11)15-3-4-2-14-6(13)5(4)12/h12H,2-3H2,1H3. The Hall–Kier alpha value is -1.57. The largest absolute Gasteiger partial charge is 0.502 e. The summed E-state index contributed by atoms with van der Waals surface area (Å²) in [5, 5.41) is 20.8. The van der Waals surface area contributed by atoms with E-state index >= 15 is 0 Å². The molecule has 80 valence electrons. The van der Waals surface area contributed by atoms with Gasteiger partial charge in [0.15, 0.2) is 0 Å². The Labute approximate surface area is 89.1 Å². The first-order valence-electron chi connectivity index (χ1n) is 4.11. The minimum Gasteiger partial charge on any atom is -0.502 e. The molecule has 0 saturated carbocycles. The highest BCUT2D eigenvalue weighted by Gasteiger charge is 2.24. The van der Waals surface area contributed by atoms with Crippen molar-refractivity contribution in [2.45, 2.75) is 5.16 Å². The highest BCUT2D eigenvalue weighted by Crippen LogP contribution is 2.21. The highest BCUT2D eigenvalue weighted by atomic mass is 32.2. The Kier molecular flexibility index (Phi) is 2.58. The van der Waals surface area contributed by atoms with Crippen molar-refractivity contribution in [3.05, 3.63) is 11.3 Å². The van der Waals surface area contributed by atoms with E-state index in [0.29, 0.717) is 16.5 Å². The van der Waals surface area contributed by atoms with Gasteiger partial charge in [-0.1, -0.05) is 11.8 Å². The molecule has 0 aromatic carbocycles. The summed E-state index contributed by atoms with van der Waals surface area (Å²) in [7, 11) is 1.72. The molecular formula is C7H8N4O3S. The van der Waals surface area contributed by atoms with Crippen LogP contribution in [0.1, 0.15) is 0 Å². The lowest BCUT2D eigenvalue weighted by molar-refractivity contribution is -0.138. The highest BCUT2D eigenvalue weighted by molar-refractivity contribution is 7.99. The number of hydrogen-bond acceptors (Lipinski definition) is 7. The lowest BCUT2D eigenvalue weighted by atomic mass is 10.3. The third-order valence-corrected chi connectivity index (χ3v) is 2.96. The number of tetrazole rings is 1. The average Bonchev–Trinajstić information content (AvgIpc) is 2.74. The van der Waals surface area contributed by atoms with Crippen LogP contribution in [0.2, 0.25) is 0 Å². The van der Waals surface area contributed by atoms with Crippen molar-refractivity contribution in [3.8, 4) is 0 Å². The van der Waals surface area contributed by atoms with Crippen molar-refractivity contribution in [1.29, 1.82) is 0 Å². The summed E-state index contributed by atoms with van der Waals surface area (Å²) in [4.78, 5) is 10.8. The van der Waals surface area contributed by atoms with Gasteiger partial charge in [0.25, 0.3) is 0 Å². The third-order valence-electron chi connectivity index (χ3n) is 1.86. The van der Waals surface area contributed by atoms with Gasteiger partial charge in [-0.25, -0.2) is 9.48 Å². The number of aliphatic hydroxyl groups is 1. The summed E-state index contributed by atoms with van der Waals surface area (Å²) in [5.41, 5.74) is 0.563. The van der Waals surface area contributed by atoms with Gasteiger partial charge < -0.3 is 9.84 Å². The van der Waals surface area contributed by atoms with Crippen molar-refractivity contribution in [2.75, 3.05) is 12.4 Å². The summed E-state index contributed by atoms with van der Waals surface area (Å²) >= 11 is 1.33.